The Morgan fingerprint density at radius 2 is 2.00 bits per heavy atom. The van der Waals surface area contributed by atoms with Gasteiger partial charge in [0.15, 0.2) is 0 Å². The zero-order chi connectivity index (χ0) is 13.8. The van der Waals surface area contributed by atoms with Gasteiger partial charge < -0.3 is 5.32 Å². The van der Waals surface area contributed by atoms with Gasteiger partial charge in [0.1, 0.15) is 5.82 Å². The molecule has 1 rings (SSSR count). The van der Waals surface area contributed by atoms with Crippen molar-refractivity contribution in [3.8, 4) is 0 Å². The summed E-state index contributed by atoms with van der Waals surface area (Å²) in [4.78, 5) is 0. The first-order valence-corrected chi connectivity index (χ1v) is 6.35. The normalized spacial score (nSPS) is 13.7. The lowest BCUT2D eigenvalue weighted by molar-refractivity contribution is -0.139. The van der Waals surface area contributed by atoms with Gasteiger partial charge in [-0.2, -0.15) is 13.2 Å². The number of benzene rings is 1. The monoisotopic (exact) mass is 327 g/mol. The second kappa shape index (κ2) is 6.52. The highest BCUT2D eigenvalue weighted by Gasteiger charge is 2.31. The quantitative estimate of drug-likeness (QED) is 0.804. The Balaban J connectivity index is 2.73. The lowest BCUT2D eigenvalue weighted by atomic mass is 10.0. The minimum absolute atomic E-state index is 0.215. The summed E-state index contributed by atoms with van der Waals surface area (Å²) >= 11 is 3.02. The van der Waals surface area contributed by atoms with E-state index in [9.17, 15) is 17.6 Å². The van der Waals surface area contributed by atoms with E-state index in [1.165, 1.54) is 18.2 Å². The highest BCUT2D eigenvalue weighted by atomic mass is 79.9. The largest absolute Gasteiger partial charge is 0.390 e. The van der Waals surface area contributed by atoms with Crippen molar-refractivity contribution >= 4 is 15.9 Å². The second-order valence-corrected chi connectivity index (χ2v) is 4.88. The summed E-state index contributed by atoms with van der Waals surface area (Å²) in [6.07, 6.45) is -4.88. The lowest BCUT2D eigenvalue weighted by Crippen LogP contribution is -2.35. The van der Waals surface area contributed by atoms with Gasteiger partial charge in [0.05, 0.1) is 10.9 Å². The van der Waals surface area contributed by atoms with Crippen molar-refractivity contribution < 1.29 is 17.6 Å². The summed E-state index contributed by atoms with van der Waals surface area (Å²) < 4.78 is 50.4. The first kappa shape index (κ1) is 15.4. The molecule has 0 saturated heterocycles. The Morgan fingerprint density at radius 3 is 2.50 bits per heavy atom. The maximum atomic E-state index is 13.0. The van der Waals surface area contributed by atoms with E-state index in [0.717, 1.165) is 0 Å². The maximum Gasteiger partial charge on any atom is 0.390 e. The van der Waals surface area contributed by atoms with Gasteiger partial charge in [0.25, 0.3) is 0 Å². The molecular formula is C12H14BrF4N. The number of hydrogen-bond acceptors (Lipinski definition) is 1. The van der Waals surface area contributed by atoms with Crippen LogP contribution in [0.25, 0.3) is 0 Å². The van der Waals surface area contributed by atoms with E-state index in [-0.39, 0.29) is 10.9 Å². The molecule has 0 radical (unpaired) electrons. The average molecular weight is 328 g/mol. The molecule has 1 atom stereocenters. The van der Waals surface area contributed by atoms with Gasteiger partial charge in [-0.1, -0.05) is 13.0 Å². The van der Waals surface area contributed by atoms with E-state index < -0.39 is 24.5 Å². The fourth-order valence-corrected chi connectivity index (χ4v) is 2.16. The zero-order valence-corrected chi connectivity index (χ0v) is 11.4. The molecule has 18 heavy (non-hydrogen) atoms. The molecule has 0 heterocycles. The van der Waals surface area contributed by atoms with E-state index >= 15 is 0 Å². The topological polar surface area (TPSA) is 12.0 Å². The number of likely N-dealkylation sites (N-methyl/N-ethyl adjacent to an activating group) is 1. The van der Waals surface area contributed by atoms with Crippen LogP contribution in [0.2, 0.25) is 0 Å². The van der Waals surface area contributed by atoms with Crippen LogP contribution in [0.4, 0.5) is 17.6 Å². The average Bonchev–Trinajstić information content (AvgIpc) is 2.21. The number of hydrogen-bond donors (Lipinski definition) is 1. The molecule has 0 aliphatic heterocycles. The van der Waals surface area contributed by atoms with Crippen LogP contribution in [0.1, 0.15) is 18.9 Å². The molecule has 1 unspecified atom stereocenters. The van der Waals surface area contributed by atoms with E-state index in [4.69, 9.17) is 0 Å². The van der Waals surface area contributed by atoms with Gasteiger partial charge in [-0.3, -0.25) is 0 Å². The highest BCUT2D eigenvalue weighted by molar-refractivity contribution is 9.10. The predicted molar refractivity (Wildman–Crippen MR) is 65.9 cm³/mol. The number of halogens is 5. The van der Waals surface area contributed by atoms with Gasteiger partial charge in [0, 0.05) is 6.04 Å². The molecule has 0 aliphatic carbocycles. The van der Waals surface area contributed by atoms with Crippen molar-refractivity contribution in [3.05, 3.63) is 34.1 Å². The molecule has 1 aromatic rings. The van der Waals surface area contributed by atoms with E-state index in [1.807, 2.05) is 0 Å². The summed E-state index contributed by atoms with van der Waals surface area (Å²) in [5, 5.41) is 2.79. The molecule has 1 aromatic carbocycles. The molecule has 1 N–H and O–H groups in total. The molecule has 0 spiro atoms. The Kier molecular flexibility index (Phi) is 5.59. The SMILES string of the molecule is CCNC(Cc1ccc(F)c(Br)c1)CC(F)(F)F. The Morgan fingerprint density at radius 1 is 1.33 bits per heavy atom. The van der Waals surface area contributed by atoms with E-state index in [0.29, 0.717) is 12.1 Å². The summed E-state index contributed by atoms with van der Waals surface area (Å²) in [7, 11) is 0. The first-order chi connectivity index (χ1) is 8.31. The van der Waals surface area contributed by atoms with Gasteiger partial charge in [0.2, 0.25) is 0 Å². The van der Waals surface area contributed by atoms with Crippen molar-refractivity contribution in [1.82, 2.24) is 5.32 Å². The summed E-state index contributed by atoms with van der Waals surface area (Å²) in [6, 6.07) is 3.57. The third-order valence-electron chi connectivity index (χ3n) is 2.44. The van der Waals surface area contributed by atoms with Crippen molar-refractivity contribution in [2.75, 3.05) is 6.54 Å². The van der Waals surface area contributed by atoms with Gasteiger partial charge in [-0.05, 0) is 46.6 Å². The van der Waals surface area contributed by atoms with Crippen molar-refractivity contribution in [2.24, 2.45) is 0 Å². The minimum Gasteiger partial charge on any atom is -0.314 e. The van der Waals surface area contributed by atoms with Crippen LogP contribution in [-0.4, -0.2) is 18.8 Å². The highest BCUT2D eigenvalue weighted by Crippen LogP contribution is 2.24. The zero-order valence-electron chi connectivity index (χ0n) is 9.82. The van der Waals surface area contributed by atoms with Crippen LogP contribution < -0.4 is 5.32 Å². The van der Waals surface area contributed by atoms with E-state index in [2.05, 4.69) is 21.2 Å². The Bertz CT molecular complexity index is 392. The third-order valence-corrected chi connectivity index (χ3v) is 3.04. The van der Waals surface area contributed by atoms with Crippen molar-refractivity contribution in [1.29, 1.82) is 0 Å². The molecule has 6 heteroatoms. The number of nitrogens with one attached hydrogen (secondary N) is 1. The molecular weight excluding hydrogens is 314 g/mol. The van der Waals surface area contributed by atoms with Crippen molar-refractivity contribution in [3.63, 3.8) is 0 Å². The van der Waals surface area contributed by atoms with Crippen LogP contribution in [0, 0.1) is 5.82 Å². The van der Waals surface area contributed by atoms with Crippen LogP contribution in [0.3, 0.4) is 0 Å². The Labute approximate surface area is 112 Å². The van der Waals surface area contributed by atoms with Gasteiger partial charge in [-0.25, -0.2) is 4.39 Å². The maximum absolute atomic E-state index is 13.0. The van der Waals surface area contributed by atoms with Crippen LogP contribution in [-0.2, 0) is 6.42 Å². The first-order valence-electron chi connectivity index (χ1n) is 5.56. The molecule has 0 fully saturated rings. The predicted octanol–water partition coefficient (Wildman–Crippen LogP) is 4.06. The third kappa shape index (κ3) is 5.35. The smallest absolute Gasteiger partial charge is 0.314 e. The number of alkyl halides is 3. The molecule has 0 bridgehead atoms. The fourth-order valence-electron chi connectivity index (χ4n) is 1.74. The minimum atomic E-state index is -4.20. The van der Waals surface area contributed by atoms with Crippen LogP contribution >= 0.6 is 15.9 Å². The van der Waals surface area contributed by atoms with E-state index in [1.54, 1.807) is 6.92 Å². The van der Waals surface area contributed by atoms with Crippen LogP contribution in [0.15, 0.2) is 22.7 Å². The molecule has 0 aliphatic rings. The molecule has 0 saturated carbocycles. The van der Waals surface area contributed by atoms with Gasteiger partial charge >= 0.3 is 6.18 Å². The summed E-state index contributed by atoms with van der Waals surface area (Å²) in [5.74, 6) is -0.422. The second-order valence-electron chi connectivity index (χ2n) is 4.03. The number of rotatable bonds is 5. The standard InChI is InChI=1S/C12H14BrF4N/c1-2-18-9(7-12(15,16)17)5-8-3-4-11(14)10(13)6-8/h3-4,6,9,18H,2,5,7H2,1H3. The summed E-state index contributed by atoms with van der Waals surface area (Å²) in [5.41, 5.74) is 0.665. The lowest BCUT2D eigenvalue weighted by Gasteiger charge is -2.19. The summed E-state index contributed by atoms with van der Waals surface area (Å²) in [6.45, 7) is 2.22. The molecule has 102 valence electrons. The molecule has 1 nitrogen and oxygen atoms in total. The van der Waals surface area contributed by atoms with Crippen molar-refractivity contribution in [2.45, 2.75) is 32.0 Å². The molecule has 0 aromatic heterocycles. The Hall–Kier alpha value is -0.620. The molecule has 0 amide bonds. The van der Waals surface area contributed by atoms with Gasteiger partial charge in [-0.15, -0.1) is 0 Å². The fraction of sp³-hybridized carbons (Fsp3) is 0.500. The van der Waals surface area contributed by atoms with Crippen LogP contribution in [0.5, 0.6) is 0 Å².